The first kappa shape index (κ1) is 21.5. The van der Waals surface area contributed by atoms with Gasteiger partial charge in [0, 0.05) is 43.8 Å². The molecule has 7 nitrogen and oxygen atoms in total. The van der Waals surface area contributed by atoms with Crippen LogP contribution in [0.15, 0.2) is 30.5 Å². The fourth-order valence-corrected chi connectivity index (χ4v) is 3.36. The molecule has 30 heavy (non-hydrogen) atoms. The number of hydrogen-bond acceptors (Lipinski definition) is 4. The highest BCUT2D eigenvalue weighted by Crippen LogP contribution is 2.37. The van der Waals surface area contributed by atoms with Crippen LogP contribution in [0.2, 0.25) is 0 Å². The van der Waals surface area contributed by atoms with Gasteiger partial charge in [-0.1, -0.05) is 18.2 Å². The van der Waals surface area contributed by atoms with Gasteiger partial charge >= 0.3 is 18.0 Å². The summed E-state index contributed by atoms with van der Waals surface area (Å²) in [5.41, 5.74) is -1.40. The summed E-state index contributed by atoms with van der Waals surface area (Å²) in [5, 5.41) is 2.35. The second-order valence-corrected chi connectivity index (χ2v) is 7.27. The fourth-order valence-electron chi connectivity index (χ4n) is 3.36. The minimum Gasteiger partial charge on any atom is -0.346 e. The predicted octanol–water partition coefficient (Wildman–Crippen LogP) is 2.06. The number of carbonyl (C=O) groups excluding carboxylic acids is 3. The van der Waals surface area contributed by atoms with E-state index in [-0.39, 0.29) is 43.1 Å². The van der Waals surface area contributed by atoms with Crippen molar-refractivity contribution in [1.82, 2.24) is 20.1 Å². The monoisotopic (exact) mass is 422 g/mol. The maximum Gasteiger partial charge on any atom is 0.417 e. The van der Waals surface area contributed by atoms with Gasteiger partial charge in [-0.15, -0.1) is 0 Å². The largest absolute Gasteiger partial charge is 0.417 e. The van der Waals surface area contributed by atoms with Crippen LogP contribution in [0.1, 0.15) is 29.8 Å². The number of halogens is 3. The number of fused-ring (bicyclic) bond motifs is 1. The smallest absolute Gasteiger partial charge is 0.346 e. The van der Waals surface area contributed by atoms with Crippen LogP contribution in [0.25, 0.3) is 10.9 Å². The average Bonchev–Trinajstić information content (AvgIpc) is 2.70. The van der Waals surface area contributed by atoms with Gasteiger partial charge in [0.2, 0.25) is 0 Å². The van der Waals surface area contributed by atoms with Crippen molar-refractivity contribution < 1.29 is 27.6 Å². The summed E-state index contributed by atoms with van der Waals surface area (Å²) in [4.78, 5) is 43.4. The Balaban J connectivity index is 1.80. The Bertz CT molecular complexity index is 983. The highest BCUT2D eigenvalue weighted by molar-refractivity contribution is 6.35. The molecule has 0 saturated carbocycles. The summed E-state index contributed by atoms with van der Waals surface area (Å²) >= 11 is 0. The van der Waals surface area contributed by atoms with E-state index in [0.29, 0.717) is 0 Å². The molecular formula is C20H21F3N4O3. The maximum absolute atomic E-state index is 13.8. The second-order valence-electron chi connectivity index (χ2n) is 7.27. The molecule has 0 spiro atoms. The van der Waals surface area contributed by atoms with Crippen LogP contribution >= 0.6 is 0 Å². The third-order valence-corrected chi connectivity index (χ3v) is 4.76. The molecule has 1 aliphatic heterocycles. The number of para-hydroxylation sites is 1. The molecule has 1 saturated heterocycles. The van der Waals surface area contributed by atoms with Crippen LogP contribution in [-0.4, -0.2) is 64.7 Å². The zero-order valence-electron chi connectivity index (χ0n) is 16.5. The Morgan fingerprint density at radius 1 is 1.03 bits per heavy atom. The number of nitrogens with zero attached hydrogens (tertiary/aromatic N) is 3. The van der Waals surface area contributed by atoms with Gasteiger partial charge in [-0.05, 0) is 19.9 Å². The summed E-state index contributed by atoms with van der Waals surface area (Å²) in [6, 6.07) is 5.56. The number of carbonyl (C=O) groups is 3. The minimum absolute atomic E-state index is 0.0175. The van der Waals surface area contributed by atoms with Crippen molar-refractivity contribution in [1.29, 1.82) is 0 Å². The number of aromatic nitrogens is 1. The van der Waals surface area contributed by atoms with Gasteiger partial charge in [0.1, 0.15) is 0 Å². The lowest BCUT2D eigenvalue weighted by molar-refractivity contribution is -0.147. The Hall–Kier alpha value is -3.17. The molecule has 1 N–H and O–H groups in total. The first-order chi connectivity index (χ1) is 14.1. The summed E-state index contributed by atoms with van der Waals surface area (Å²) in [6.07, 6.45) is -3.79. The number of pyridine rings is 1. The molecule has 0 atom stereocenters. The summed E-state index contributed by atoms with van der Waals surface area (Å²) in [6.45, 7) is 3.58. The van der Waals surface area contributed by atoms with Crippen LogP contribution < -0.4 is 5.32 Å². The fraction of sp³-hybridized carbons (Fsp3) is 0.400. The van der Waals surface area contributed by atoms with E-state index < -0.39 is 35.0 Å². The molecule has 2 aromatic rings. The number of alkyl halides is 3. The van der Waals surface area contributed by atoms with Crippen LogP contribution in [0.4, 0.5) is 13.2 Å². The molecule has 0 radical (unpaired) electrons. The maximum atomic E-state index is 13.8. The van der Waals surface area contributed by atoms with Crippen LogP contribution in [0, 0.1) is 0 Å². The lowest BCUT2D eigenvalue weighted by Crippen LogP contribution is -2.54. The van der Waals surface area contributed by atoms with E-state index in [4.69, 9.17) is 0 Å². The topological polar surface area (TPSA) is 82.6 Å². The van der Waals surface area contributed by atoms with E-state index in [1.54, 1.807) is 19.9 Å². The SMILES string of the molecule is CC(C)NC(=O)C(=O)N1CCN(C(=O)c2cnc3ccccc3c2C(F)(F)F)CC1. The number of hydrogen-bond donors (Lipinski definition) is 1. The molecule has 1 aromatic heterocycles. The Morgan fingerprint density at radius 3 is 2.23 bits per heavy atom. The van der Waals surface area contributed by atoms with E-state index in [9.17, 15) is 27.6 Å². The quantitative estimate of drug-likeness (QED) is 0.752. The molecule has 1 fully saturated rings. The second kappa shape index (κ2) is 8.29. The first-order valence-electron chi connectivity index (χ1n) is 9.43. The minimum atomic E-state index is -4.74. The van der Waals surface area contributed by atoms with E-state index in [2.05, 4.69) is 10.3 Å². The van der Waals surface area contributed by atoms with Crippen LogP contribution in [0.5, 0.6) is 0 Å². The zero-order valence-corrected chi connectivity index (χ0v) is 16.5. The van der Waals surface area contributed by atoms with Crippen LogP contribution in [-0.2, 0) is 15.8 Å². The summed E-state index contributed by atoms with van der Waals surface area (Å²) < 4.78 is 41.3. The Labute approximate surface area is 170 Å². The van der Waals surface area contributed by atoms with Crippen molar-refractivity contribution in [2.24, 2.45) is 0 Å². The van der Waals surface area contributed by atoms with Crippen molar-refractivity contribution in [3.05, 3.63) is 41.6 Å². The third-order valence-electron chi connectivity index (χ3n) is 4.76. The highest BCUT2D eigenvalue weighted by Gasteiger charge is 2.39. The zero-order chi connectivity index (χ0) is 22.1. The lowest BCUT2D eigenvalue weighted by atomic mass is 10.0. The van der Waals surface area contributed by atoms with Crippen molar-refractivity contribution in [3.63, 3.8) is 0 Å². The van der Waals surface area contributed by atoms with E-state index >= 15 is 0 Å². The molecule has 0 unspecified atom stereocenters. The van der Waals surface area contributed by atoms with E-state index in [1.807, 2.05) is 0 Å². The van der Waals surface area contributed by atoms with Crippen molar-refractivity contribution in [2.75, 3.05) is 26.2 Å². The van der Waals surface area contributed by atoms with Crippen molar-refractivity contribution >= 4 is 28.6 Å². The molecule has 160 valence electrons. The molecule has 0 bridgehead atoms. The van der Waals surface area contributed by atoms with Gasteiger partial charge in [-0.25, -0.2) is 0 Å². The standard InChI is InChI=1S/C20H21F3N4O3/c1-12(2)25-17(28)19(30)27-9-7-26(8-10-27)18(29)14-11-24-15-6-4-3-5-13(15)16(14)20(21,22)23/h3-6,11-12H,7-10H2,1-2H3,(H,25,28). The van der Waals surface area contributed by atoms with E-state index in [0.717, 1.165) is 6.20 Å². The number of nitrogens with one attached hydrogen (secondary N) is 1. The van der Waals surface area contributed by atoms with Gasteiger partial charge in [-0.3, -0.25) is 19.4 Å². The molecule has 1 aliphatic rings. The van der Waals surface area contributed by atoms with Crippen molar-refractivity contribution in [2.45, 2.75) is 26.1 Å². The average molecular weight is 422 g/mol. The number of piperazine rings is 1. The van der Waals surface area contributed by atoms with E-state index in [1.165, 1.54) is 28.0 Å². The Morgan fingerprint density at radius 2 is 1.63 bits per heavy atom. The van der Waals surface area contributed by atoms with Gasteiger partial charge in [0.15, 0.2) is 0 Å². The first-order valence-corrected chi connectivity index (χ1v) is 9.43. The van der Waals surface area contributed by atoms with Crippen molar-refractivity contribution in [3.8, 4) is 0 Å². The normalized spacial score (nSPS) is 14.9. The lowest BCUT2D eigenvalue weighted by Gasteiger charge is -2.34. The Kier molecular flexibility index (Phi) is 5.95. The molecular weight excluding hydrogens is 401 g/mol. The molecule has 0 aliphatic carbocycles. The summed E-state index contributed by atoms with van der Waals surface area (Å²) in [5.74, 6) is -2.28. The molecule has 3 amide bonds. The number of rotatable bonds is 2. The highest BCUT2D eigenvalue weighted by atomic mass is 19.4. The number of benzene rings is 1. The third kappa shape index (κ3) is 4.37. The van der Waals surface area contributed by atoms with Gasteiger partial charge in [-0.2, -0.15) is 13.2 Å². The van der Waals surface area contributed by atoms with Gasteiger partial charge in [0.25, 0.3) is 5.91 Å². The predicted molar refractivity (Wildman–Crippen MR) is 103 cm³/mol. The summed E-state index contributed by atoms with van der Waals surface area (Å²) in [7, 11) is 0. The molecule has 1 aromatic carbocycles. The molecule has 3 rings (SSSR count). The van der Waals surface area contributed by atoms with Gasteiger partial charge in [0.05, 0.1) is 16.6 Å². The van der Waals surface area contributed by atoms with Crippen LogP contribution in [0.3, 0.4) is 0 Å². The molecule has 2 heterocycles. The van der Waals surface area contributed by atoms with Gasteiger partial charge < -0.3 is 15.1 Å². The number of amides is 3. The molecule has 10 heteroatoms.